The van der Waals surface area contributed by atoms with Crippen LogP contribution < -0.4 is 5.32 Å². The molecule has 0 aromatic rings. The molecular formula is C12H24N2O. The van der Waals surface area contributed by atoms with E-state index in [-0.39, 0.29) is 12.1 Å². The third-order valence-electron chi connectivity index (χ3n) is 3.91. The number of nitrogens with zero attached hydrogens (tertiary/aromatic N) is 1. The number of hydrogen-bond donors (Lipinski definition) is 2. The maximum absolute atomic E-state index is 9.59. The van der Waals surface area contributed by atoms with E-state index < -0.39 is 0 Å². The van der Waals surface area contributed by atoms with E-state index in [1.165, 1.54) is 12.8 Å². The van der Waals surface area contributed by atoms with E-state index in [4.69, 9.17) is 0 Å². The molecule has 15 heavy (non-hydrogen) atoms. The minimum atomic E-state index is -0.0159. The highest BCUT2D eigenvalue weighted by Crippen LogP contribution is 2.33. The average molecular weight is 212 g/mol. The van der Waals surface area contributed by atoms with Gasteiger partial charge in [-0.1, -0.05) is 6.92 Å². The van der Waals surface area contributed by atoms with Gasteiger partial charge in [0, 0.05) is 25.2 Å². The minimum absolute atomic E-state index is 0.0159. The first-order chi connectivity index (χ1) is 7.19. The van der Waals surface area contributed by atoms with Gasteiger partial charge in [0.05, 0.1) is 12.1 Å². The molecule has 2 N–H and O–H groups in total. The second-order valence-corrected chi connectivity index (χ2v) is 5.34. The molecule has 0 aromatic carbocycles. The summed E-state index contributed by atoms with van der Waals surface area (Å²) in [6.45, 7) is 6.88. The van der Waals surface area contributed by atoms with E-state index in [1.807, 2.05) is 0 Å². The SMILES string of the molecule is CCC(C)NC1(CO)CCN(C2CC2)C1. The molecule has 2 aliphatic rings. The van der Waals surface area contributed by atoms with Crippen LogP contribution in [0.5, 0.6) is 0 Å². The first-order valence-electron chi connectivity index (χ1n) is 6.32. The molecule has 2 unspecified atom stereocenters. The van der Waals surface area contributed by atoms with Gasteiger partial charge in [0.2, 0.25) is 0 Å². The average Bonchev–Trinajstić information content (AvgIpc) is 3.02. The minimum Gasteiger partial charge on any atom is -0.394 e. The highest BCUT2D eigenvalue weighted by Gasteiger charge is 2.43. The van der Waals surface area contributed by atoms with E-state index in [9.17, 15) is 5.11 Å². The normalized spacial score (nSPS) is 34.6. The van der Waals surface area contributed by atoms with Crippen LogP contribution in [0.4, 0.5) is 0 Å². The molecule has 2 rings (SSSR count). The molecule has 1 heterocycles. The van der Waals surface area contributed by atoms with Crippen molar-refractivity contribution >= 4 is 0 Å². The van der Waals surface area contributed by atoms with Crippen molar-refractivity contribution in [3.05, 3.63) is 0 Å². The van der Waals surface area contributed by atoms with Gasteiger partial charge in [-0.25, -0.2) is 0 Å². The Bertz CT molecular complexity index is 218. The highest BCUT2D eigenvalue weighted by atomic mass is 16.3. The van der Waals surface area contributed by atoms with E-state index in [2.05, 4.69) is 24.1 Å². The summed E-state index contributed by atoms with van der Waals surface area (Å²) >= 11 is 0. The van der Waals surface area contributed by atoms with Gasteiger partial charge >= 0.3 is 0 Å². The molecule has 1 saturated heterocycles. The van der Waals surface area contributed by atoms with Gasteiger partial charge in [0.15, 0.2) is 0 Å². The first kappa shape index (κ1) is 11.4. The van der Waals surface area contributed by atoms with Gasteiger partial charge in [0.25, 0.3) is 0 Å². The topological polar surface area (TPSA) is 35.5 Å². The van der Waals surface area contributed by atoms with Gasteiger partial charge in [-0.2, -0.15) is 0 Å². The lowest BCUT2D eigenvalue weighted by Gasteiger charge is -2.32. The zero-order chi connectivity index (χ0) is 10.9. The van der Waals surface area contributed by atoms with Crippen LogP contribution in [-0.4, -0.2) is 47.3 Å². The Morgan fingerprint density at radius 2 is 2.27 bits per heavy atom. The zero-order valence-corrected chi connectivity index (χ0v) is 10.00. The number of rotatable bonds is 5. The predicted molar refractivity (Wildman–Crippen MR) is 61.9 cm³/mol. The monoisotopic (exact) mass is 212 g/mol. The Morgan fingerprint density at radius 3 is 2.80 bits per heavy atom. The number of nitrogens with one attached hydrogen (secondary N) is 1. The Morgan fingerprint density at radius 1 is 1.53 bits per heavy atom. The van der Waals surface area contributed by atoms with E-state index in [0.717, 1.165) is 32.0 Å². The van der Waals surface area contributed by atoms with Gasteiger partial charge in [-0.15, -0.1) is 0 Å². The Hall–Kier alpha value is -0.120. The molecule has 0 bridgehead atoms. The van der Waals surface area contributed by atoms with E-state index >= 15 is 0 Å². The standard InChI is InChI=1S/C12H24N2O/c1-3-10(2)13-12(9-15)6-7-14(8-12)11-4-5-11/h10-11,13,15H,3-9H2,1-2H3. The van der Waals surface area contributed by atoms with Crippen molar-refractivity contribution in [2.45, 2.75) is 57.2 Å². The summed E-state index contributed by atoms with van der Waals surface area (Å²) in [5.41, 5.74) is -0.0159. The van der Waals surface area contributed by atoms with Crippen LogP contribution in [0.25, 0.3) is 0 Å². The lowest BCUT2D eigenvalue weighted by atomic mass is 9.98. The summed E-state index contributed by atoms with van der Waals surface area (Å²) in [7, 11) is 0. The van der Waals surface area contributed by atoms with Gasteiger partial charge in [-0.05, 0) is 32.6 Å². The van der Waals surface area contributed by atoms with Gasteiger partial charge in [0.1, 0.15) is 0 Å². The maximum Gasteiger partial charge on any atom is 0.0626 e. The van der Waals surface area contributed by atoms with Crippen molar-refractivity contribution < 1.29 is 5.11 Å². The van der Waals surface area contributed by atoms with E-state index in [1.54, 1.807) is 0 Å². The summed E-state index contributed by atoms with van der Waals surface area (Å²) in [6, 6.07) is 1.34. The first-order valence-corrected chi connectivity index (χ1v) is 6.32. The summed E-state index contributed by atoms with van der Waals surface area (Å²) in [5.74, 6) is 0. The quantitative estimate of drug-likeness (QED) is 0.713. The van der Waals surface area contributed by atoms with Crippen molar-refractivity contribution in [1.29, 1.82) is 0 Å². The summed E-state index contributed by atoms with van der Waals surface area (Å²) in [4.78, 5) is 2.55. The van der Waals surface area contributed by atoms with Crippen LogP contribution >= 0.6 is 0 Å². The molecule has 88 valence electrons. The Balaban J connectivity index is 1.91. The number of hydrogen-bond acceptors (Lipinski definition) is 3. The van der Waals surface area contributed by atoms with Gasteiger partial charge in [-0.3, -0.25) is 4.90 Å². The van der Waals surface area contributed by atoms with Crippen molar-refractivity contribution in [1.82, 2.24) is 10.2 Å². The number of aliphatic hydroxyl groups is 1. The largest absolute Gasteiger partial charge is 0.394 e. The molecule has 3 heteroatoms. The van der Waals surface area contributed by atoms with Crippen LogP contribution in [0.1, 0.15) is 39.5 Å². The van der Waals surface area contributed by atoms with Crippen molar-refractivity contribution in [2.24, 2.45) is 0 Å². The van der Waals surface area contributed by atoms with Crippen LogP contribution in [0.15, 0.2) is 0 Å². The van der Waals surface area contributed by atoms with Crippen LogP contribution in [-0.2, 0) is 0 Å². The molecule has 0 amide bonds. The fraction of sp³-hybridized carbons (Fsp3) is 1.00. The van der Waals surface area contributed by atoms with Gasteiger partial charge < -0.3 is 10.4 Å². The third-order valence-corrected chi connectivity index (χ3v) is 3.91. The lowest BCUT2D eigenvalue weighted by Crippen LogP contribution is -2.54. The number of aliphatic hydroxyl groups excluding tert-OH is 1. The van der Waals surface area contributed by atoms with E-state index in [0.29, 0.717) is 6.04 Å². The predicted octanol–water partition coefficient (Wildman–Crippen LogP) is 0.974. The smallest absolute Gasteiger partial charge is 0.0626 e. The van der Waals surface area contributed by atoms with Crippen LogP contribution in [0.2, 0.25) is 0 Å². The number of likely N-dealkylation sites (tertiary alicyclic amines) is 1. The molecule has 1 aliphatic carbocycles. The molecule has 2 atom stereocenters. The molecule has 0 aromatic heterocycles. The molecule has 2 fully saturated rings. The molecule has 1 aliphatic heterocycles. The van der Waals surface area contributed by atoms with Crippen LogP contribution in [0, 0.1) is 0 Å². The molecule has 1 saturated carbocycles. The van der Waals surface area contributed by atoms with Crippen molar-refractivity contribution in [3.63, 3.8) is 0 Å². The van der Waals surface area contributed by atoms with Crippen molar-refractivity contribution in [2.75, 3.05) is 19.7 Å². The summed E-state index contributed by atoms with van der Waals surface area (Å²) in [5, 5.41) is 13.2. The Kier molecular flexibility index (Phi) is 3.33. The summed E-state index contributed by atoms with van der Waals surface area (Å²) in [6.07, 6.45) is 4.96. The Labute approximate surface area is 92.8 Å². The fourth-order valence-electron chi connectivity index (χ4n) is 2.57. The summed E-state index contributed by atoms with van der Waals surface area (Å²) < 4.78 is 0. The zero-order valence-electron chi connectivity index (χ0n) is 10.00. The molecule has 0 spiro atoms. The van der Waals surface area contributed by atoms with Crippen molar-refractivity contribution in [3.8, 4) is 0 Å². The second-order valence-electron chi connectivity index (χ2n) is 5.34. The lowest BCUT2D eigenvalue weighted by molar-refractivity contribution is 0.147. The fourth-order valence-corrected chi connectivity index (χ4v) is 2.57. The molecule has 3 nitrogen and oxygen atoms in total. The van der Waals surface area contributed by atoms with Crippen LogP contribution in [0.3, 0.4) is 0 Å². The third kappa shape index (κ3) is 2.52. The maximum atomic E-state index is 9.59. The molecule has 0 radical (unpaired) electrons. The highest BCUT2D eigenvalue weighted by molar-refractivity contribution is 5.02. The molecular weight excluding hydrogens is 188 g/mol. The second kappa shape index (κ2) is 4.40.